The molecule has 0 fully saturated rings. The first-order valence-electron chi connectivity index (χ1n) is 7.93. The maximum absolute atomic E-state index is 13.4. The Morgan fingerprint density at radius 1 is 1.00 bits per heavy atom. The first kappa shape index (κ1) is 17.9. The maximum Gasteiger partial charge on any atom is 0.312 e. The molecule has 0 spiro atoms. The van der Waals surface area contributed by atoms with Crippen molar-refractivity contribution in [1.29, 1.82) is 0 Å². The van der Waals surface area contributed by atoms with E-state index in [2.05, 4.69) is 5.32 Å². The third-order valence-corrected chi connectivity index (χ3v) is 5.80. The van der Waals surface area contributed by atoms with Crippen LogP contribution in [-0.2, 0) is 16.3 Å². The predicted octanol–water partition coefficient (Wildman–Crippen LogP) is 3.02. The van der Waals surface area contributed by atoms with Crippen LogP contribution in [-0.4, -0.2) is 21.0 Å². The molecule has 5 nitrogen and oxygen atoms in total. The van der Waals surface area contributed by atoms with Crippen LogP contribution in [0.1, 0.15) is 5.56 Å². The highest BCUT2D eigenvalue weighted by molar-refractivity contribution is 7.91. The SMILES string of the molecule is NC(=O)NCCc1cccc2cc(S(=O)(=O)c3cccc(F)c3)ccc12. The zero-order valence-corrected chi connectivity index (χ0v) is 14.6. The number of fused-ring (bicyclic) bond motifs is 1. The standard InChI is InChI=1S/C19H17FN2O3S/c20-15-5-2-6-16(12-15)26(24,25)17-7-8-18-13(9-10-22-19(21)23)3-1-4-14(18)11-17/h1-8,11-12H,9-10H2,(H3,21,22,23). The van der Waals surface area contributed by atoms with Crippen LogP contribution < -0.4 is 11.1 Å². The Kier molecular flexibility index (Phi) is 4.90. The van der Waals surface area contributed by atoms with Crippen LogP contribution in [0.5, 0.6) is 0 Å². The van der Waals surface area contributed by atoms with E-state index in [9.17, 15) is 17.6 Å². The molecule has 0 saturated carbocycles. The fourth-order valence-corrected chi connectivity index (χ4v) is 4.13. The smallest absolute Gasteiger partial charge is 0.312 e. The Balaban J connectivity index is 1.98. The summed E-state index contributed by atoms with van der Waals surface area (Å²) < 4.78 is 38.9. The topological polar surface area (TPSA) is 89.3 Å². The van der Waals surface area contributed by atoms with Gasteiger partial charge in [-0.1, -0.05) is 30.3 Å². The van der Waals surface area contributed by atoms with Gasteiger partial charge in [-0.25, -0.2) is 17.6 Å². The third kappa shape index (κ3) is 3.67. The maximum atomic E-state index is 13.4. The summed E-state index contributed by atoms with van der Waals surface area (Å²) in [4.78, 5) is 10.8. The average molecular weight is 372 g/mol. The highest BCUT2D eigenvalue weighted by atomic mass is 32.2. The lowest BCUT2D eigenvalue weighted by Crippen LogP contribution is -2.30. The van der Waals surface area contributed by atoms with E-state index >= 15 is 0 Å². The van der Waals surface area contributed by atoms with E-state index in [-0.39, 0.29) is 9.79 Å². The van der Waals surface area contributed by atoms with Crippen LogP contribution in [0.25, 0.3) is 10.8 Å². The van der Waals surface area contributed by atoms with Gasteiger partial charge in [-0.15, -0.1) is 0 Å². The normalized spacial score (nSPS) is 11.4. The Hall–Kier alpha value is -2.93. The molecule has 0 aliphatic heterocycles. The van der Waals surface area contributed by atoms with Gasteiger partial charge in [0.15, 0.2) is 0 Å². The molecule has 0 bridgehead atoms. The van der Waals surface area contributed by atoms with Crippen molar-refractivity contribution in [3.63, 3.8) is 0 Å². The molecule has 7 heteroatoms. The van der Waals surface area contributed by atoms with Crippen molar-refractivity contribution >= 4 is 26.6 Å². The molecule has 0 atom stereocenters. The van der Waals surface area contributed by atoms with Gasteiger partial charge >= 0.3 is 6.03 Å². The lowest BCUT2D eigenvalue weighted by atomic mass is 10.0. The molecular formula is C19H17FN2O3S. The summed E-state index contributed by atoms with van der Waals surface area (Å²) >= 11 is 0. The highest BCUT2D eigenvalue weighted by Gasteiger charge is 2.18. The number of primary amides is 1. The van der Waals surface area contributed by atoms with Gasteiger partial charge in [-0.3, -0.25) is 0 Å². The average Bonchev–Trinajstić information content (AvgIpc) is 2.61. The summed E-state index contributed by atoms with van der Waals surface area (Å²) in [5, 5.41) is 4.16. The first-order valence-corrected chi connectivity index (χ1v) is 9.42. The van der Waals surface area contributed by atoms with Crippen LogP contribution in [0.2, 0.25) is 0 Å². The Bertz CT molecular complexity index is 1080. The number of carbonyl (C=O) groups excluding carboxylic acids is 1. The monoisotopic (exact) mass is 372 g/mol. The van der Waals surface area contributed by atoms with Crippen LogP contribution in [0.4, 0.5) is 9.18 Å². The molecule has 0 heterocycles. The number of amides is 2. The number of sulfone groups is 1. The van der Waals surface area contributed by atoms with Gasteiger partial charge < -0.3 is 11.1 Å². The number of hydrogen-bond donors (Lipinski definition) is 2. The van der Waals surface area contributed by atoms with Crippen molar-refractivity contribution in [2.24, 2.45) is 5.73 Å². The number of hydrogen-bond acceptors (Lipinski definition) is 3. The van der Waals surface area contributed by atoms with Gasteiger partial charge in [-0.05, 0) is 53.1 Å². The second kappa shape index (κ2) is 7.13. The Morgan fingerprint density at radius 3 is 2.46 bits per heavy atom. The van der Waals surface area contributed by atoms with E-state index in [1.165, 1.54) is 24.3 Å². The summed E-state index contributed by atoms with van der Waals surface area (Å²) in [6.07, 6.45) is 0.566. The molecule has 3 N–H and O–H groups in total. The number of urea groups is 1. The van der Waals surface area contributed by atoms with Crippen LogP contribution in [0.3, 0.4) is 0 Å². The van der Waals surface area contributed by atoms with E-state index in [0.717, 1.165) is 22.4 Å². The van der Waals surface area contributed by atoms with Crippen LogP contribution in [0.15, 0.2) is 70.5 Å². The third-order valence-electron chi connectivity index (χ3n) is 4.05. The molecule has 26 heavy (non-hydrogen) atoms. The summed E-state index contributed by atoms with van der Waals surface area (Å²) in [6, 6.07) is 14.7. The van der Waals surface area contributed by atoms with Gasteiger partial charge in [0, 0.05) is 6.54 Å². The van der Waals surface area contributed by atoms with E-state index in [1.54, 1.807) is 12.1 Å². The molecule has 3 aromatic carbocycles. The van der Waals surface area contributed by atoms with E-state index in [4.69, 9.17) is 5.73 Å². The summed E-state index contributed by atoms with van der Waals surface area (Å²) in [5.41, 5.74) is 6.02. The molecule has 0 aliphatic rings. The minimum absolute atomic E-state index is 0.0846. The molecule has 0 radical (unpaired) electrons. The van der Waals surface area contributed by atoms with Crippen molar-refractivity contribution in [2.45, 2.75) is 16.2 Å². The zero-order valence-electron chi connectivity index (χ0n) is 13.8. The highest BCUT2D eigenvalue weighted by Crippen LogP contribution is 2.27. The molecule has 0 aliphatic carbocycles. The lowest BCUT2D eigenvalue weighted by Gasteiger charge is -2.10. The molecular weight excluding hydrogens is 355 g/mol. The number of benzene rings is 3. The summed E-state index contributed by atoms with van der Waals surface area (Å²) in [5.74, 6) is -0.601. The van der Waals surface area contributed by atoms with Gasteiger partial charge in [0.05, 0.1) is 9.79 Å². The lowest BCUT2D eigenvalue weighted by molar-refractivity contribution is 0.249. The minimum atomic E-state index is -3.81. The van der Waals surface area contributed by atoms with Crippen molar-refractivity contribution in [3.05, 3.63) is 72.0 Å². The number of nitrogens with two attached hydrogens (primary N) is 1. The number of halogens is 1. The van der Waals surface area contributed by atoms with Gasteiger partial charge in [0.2, 0.25) is 9.84 Å². The van der Waals surface area contributed by atoms with Gasteiger partial charge in [0.25, 0.3) is 0 Å². The zero-order chi connectivity index (χ0) is 18.7. The van der Waals surface area contributed by atoms with Crippen LogP contribution >= 0.6 is 0 Å². The molecule has 0 unspecified atom stereocenters. The summed E-state index contributed by atoms with van der Waals surface area (Å²) in [6.45, 7) is 0.387. The first-order chi connectivity index (χ1) is 12.4. The number of carbonyl (C=O) groups is 1. The Morgan fingerprint density at radius 2 is 1.73 bits per heavy atom. The fraction of sp³-hybridized carbons (Fsp3) is 0.105. The number of rotatable bonds is 5. The molecule has 3 rings (SSSR count). The molecule has 2 amide bonds. The van der Waals surface area contributed by atoms with Gasteiger partial charge in [0.1, 0.15) is 5.82 Å². The van der Waals surface area contributed by atoms with Gasteiger partial charge in [-0.2, -0.15) is 0 Å². The van der Waals surface area contributed by atoms with E-state index in [1.807, 2.05) is 18.2 Å². The predicted molar refractivity (Wildman–Crippen MR) is 97.1 cm³/mol. The summed E-state index contributed by atoms with van der Waals surface area (Å²) in [7, 11) is -3.81. The molecule has 0 saturated heterocycles. The minimum Gasteiger partial charge on any atom is -0.352 e. The van der Waals surface area contributed by atoms with E-state index < -0.39 is 21.7 Å². The van der Waals surface area contributed by atoms with Crippen molar-refractivity contribution in [2.75, 3.05) is 6.54 Å². The second-order valence-corrected chi connectivity index (χ2v) is 7.75. The number of nitrogens with one attached hydrogen (secondary N) is 1. The molecule has 3 aromatic rings. The molecule has 134 valence electrons. The largest absolute Gasteiger partial charge is 0.352 e. The van der Waals surface area contributed by atoms with Crippen LogP contribution in [0, 0.1) is 5.82 Å². The van der Waals surface area contributed by atoms with E-state index in [0.29, 0.717) is 13.0 Å². The fourth-order valence-electron chi connectivity index (χ4n) is 2.80. The van der Waals surface area contributed by atoms with Crippen molar-refractivity contribution in [3.8, 4) is 0 Å². The Labute approximate surface area is 150 Å². The van der Waals surface area contributed by atoms with Crippen molar-refractivity contribution < 1.29 is 17.6 Å². The molecule has 0 aromatic heterocycles. The quantitative estimate of drug-likeness (QED) is 0.721. The van der Waals surface area contributed by atoms with Crippen molar-refractivity contribution in [1.82, 2.24) is 5.32 Å². The second-order valence-electron chi connectivity index (χ2n) is 5.80.